The van der Waals surface area contributed by atoms with Gasteiger partial charge in [0, 0.05) is 39.8 Å². The van der Waals surface area contributed by atoms with Crippen molar-refractivity contribution in [2.45, 2.75) is 45.4 Å². The molecule has 24 heavy (non-hydrogen) atoms. The van der Waals surface area contributed by atoms with Gasteiger partial charge in [0.2, 0.25) is 10.0 Å². The summed E-state index contributed by atoms with van der Waals surface area (Å²) in [6.07, 6.45) is 8.81. The summed E-state index contributed by atoms with van der Waals surface area (Å²) in [5.41, 5.74) is 0.535. The second kappa shape index (κ2) is 9.56. The average molecular weight is 472 g/mol. The maximum atomic E-state index is 11.6. The predicted octanol–water partition coefficient (Wildman–Crippen LogP) is 2.12. The van der Waals surface area contributed by atoms with Crippen molar-refractivity contribution in [3.8, 4) is 0 Å². The molecule has 2 rings (SSSR count). The van der Waals surface area contributed by atoms with Crippen molar-refractivity contribution in [1.29, 1.82) is 0 Å². The van der Waals surface area contributed by atoms with Crippen LogP contribution in [0.5, 0.6) is 0 Å². The van der Waals surface area contributed by atoms with E-state index in [9.17, 15) is 8.42 Å². The van der Waals surface area contributed by atoms with E-state index >= 15 is 0 Å². The molecule has 0 radical (unpaired) electrons. The van der Waals surface area contributed by atoms with Gasteiger partial charge in [-0.25, -0.2) is 12.7 Å². The molecule has 1 heterocycles. The molecule has 0 unspecified atom stereocenters. The number of rotatable bonds is 6. The van der Waals surface area contributed by atoms with E-state index in [1.165, 1.54) is 42.7 Å². The third-order valence-corrected chi connectivity index (χ3v) is 6.68. The van der Waals surface area contributed by atoms with Gasteiger partial charge in [0.15, 0.2) is 5.96 Å². The Kier molecular flexibility index (Phi) is 8.75. The molecule has 6 nitrogen and oxygen atoms in total. The third-order valence-electron chi connectivity index (χ3n) is 5.30. The molecule has 1 saturated carbocycles. The lowest BCUT2D eigenvalue weighted by Crippen LogP contribution is -2.42. The minimum absolute atomic E-state index is 0. The van der Waals surface area contributed by atoms with Crippen LogP contribution in [0.3, 0.4) is 0 Å². The molecule has 1 aliphatic carbocycles. The first-order chi connectivity index (χ1) is 10.9. The van der Waals surface area contributed by atoms with Gasteiger partial charge in [0.25, 0.3) is 0 Å². The molecule has 0 aromatic carbocycles. The normalized spacial score (nSPS) is 20.7. The SMILES string of the molecule is CCN(CCCNC(=NC)N1CCC2(CCCC2)C1)S(C)(=O)=O.I. The molecule has 0 bridgehead atoms. The maximum absolute atomic E-state index is 11.6. The molecule has 1 aliphatic heterocycles. The topological polar surface area (TPSA) is 65.0 Å². The first-order valence-electron chi connectivity index (χ1n) is 8.81. The highest BCUT2D eigenvalue weighted by atomic mass is 127. The monoisotopic (exact) mass is 472 g/mol. The summed E-state index contributed by atoms with van der Waals surface area (Å²) in [5.74, 6) is 0.969. The fourth-order valence-corrected chi connectivity index (χ4v) is 4.93. The second-order valence-electron chi connectivity index (χ2n) is 6.96. The van der Waals surface area contributed by atoms with Crippen LogP contribution in [0.15, 0.2) is 4.99 Å². The molecule has 1 N–H and O–H groups in total. The van der Waals surface area contributed by atoms with Gasteiger partial charge < -0.3 is 10.2 Å². The number of halogens is 1. The standard InChI is InChI=1S/C16H32N4O2S.HI/c1-4-20(23(3,21)22)12-7-11-18-15(17-2)19-13-10-16(14-19)8-5-6-9-16;/h4-14H2,1-3H3,(H,17,18);1H. The summed E-state index contributed by atoms with van der Waals surface area (Å²) in [4.78, 5) is 6.78. The van der Waals surface area contributed by atoms with Gasteiger partial charge in [0.1, 0.15) is 0 Å². The van der Waals surface area contributed by atoms with E-state index in [1.54, 1.807) is 0 Å². The molecule has 2 fully saturated rings. The summed E-state index contributed by atoms with van der Waals surface area (Å²) >= 11 is 0. The quantitative estimate of drug-likeness (QED) is 0.279. The first kappa shape index (κ1) is 22.0. The smallest absolute Gasteiger partial charge is 0.211 e. The summed E-state index contributed by atoms with van der Waals surface area (Å²) in [5, 5.41) is 3.40. The van der Waals surface area contributed by atoms with Gasteiger partial charge in [-0.15, -0.1) is 24.0 Å². The van der Waals surface area contributed by atoms with Crippen molar-refractivity contribution in [2.75, 3.05) is 46.0 Å². The highest BCUT2D eigenvalue weighted by Crippen LogP contribution is 2.45. The summed E-state index contributed by atoms with van der Waals surface area (Å²) in [6, 6.07) is 0. The highest BCUT2D eigenvalue weighted by molar-refractivity contribution is 14.0. The largest absolute Gasteiger partial charge is 0.356 e. The number of sulfonamides is 1. The molecular formula is C16H33IN4O2S. The Morgan fingerprint density at radius 3 is 2.50 bits per heavy atom. The number of nitrogens with zero attached hydrogens (tertiary/aromatic N) is 3. The third kappa shape index (κ3) is 5.72. The summed E-state index contributed by atoms with van der Waals surface area (Å²) < 4.78 is 24.7. The molecular weight excluding hydrogens is 439 g/mol. The van der Waals surface area contributed by atoms with Crippen molar-refractivity contribution in [3.63, 3.8) is 0 Å². The Labute approximate surface area is 164 Å². The van der Waals surface area contributed by atoms with Crippen LogP contribution in [-0.2, 0) is 10.0 Å². The van der Waals surface area contributed by atoms with Crippen molar-refractivity contribution in [2.24, 2.45) is 10.4 Å². The minimum atomic E-state index is -3.09. The summed E-state index contributed by atoms with van der Waals surface area (Å²) in [6.45, 7) is 5.92. The van der Waals surface area contributed by atoms with Gasteiger partial charge in [-0.1, -0.05) is 19.8 Å². The zero-order valence-electron chi connectivity index (χ0n) is 15.3. The van der Waals surface area contributed by atoms with E-state index in [4.69, 9.17) is 0 Å². The van der Waals surface area contributed by atoms with Crippen LogP contribution in [0, 0.1) is 5.41 Å². The van der Waals surface area contributed by atoms with Crippen LogP contribution in [0.25, 0.3) is 0 Å². The average Bonchev–Trinajstić information content (AvgIpc) is 3.12. The van der Waals surface area contributed by atoms with Gasteiger partial charge >= 0.3 is 0 Å². The van der Waals surface area contributed by atoms with Gasteiger partial charge in [0.05, 0.1) is 6.26 Å². The van der Waals surface area contributed by atoms with Crippen LogP contribution in [0.2, 0.25) is 0 Å². The Balaban J connectivity index is 0.00000288. The lowest BCUT2D eigenvalue weighted by molar-refractivity contribution is 0.309. The van der Waals surface area contributed by atoms with Crippen molar-refractivity contribution < 1.29 is 8.42 Å². The Morgan fingerprint density at radius 1 is 1.29 bits per heavy atom. The van der Waals surface area contributed by atoms with E-state index < -0.39 is 10.0 Å². The maximum Gasteiger partial charge on any atom is 0.211 e. The number of aliphatic imine (C=N–C) groups is 1. The fourth-order valence-electron chi connectivity index (χ4n) is 4.00. The molecule has 0 aromatic heterocycles. The lowest BCUT2D eigenvalue weighted by Gasteiger charge is -2.26. The van der Waals surface area contributed by atoms with Crippen LogP contribution in [-0.4, -0.2) is 69.6 Å². The van der Waals surface area contributed by atoms with Crippen LogP contribution >= 0.6 is 24.0 Å². The molecule has 1 spiro atoms. The Hall–Kier alpha value is -0.0900. The first-order valence-corrected chi connectivity index (χ1v) is 10.7. The fraction of sp³-hybridized carbons (Fsp3) is 0.938. The number of hydrogen-bond donors (Lipinski definition) is 1. The van der Waals surface area contributed by atoms with Gasteiger partial charge in [-0.3, -0.25) is 4.99 Å². The van der Waals surface area contributed by atoms with Gasteiger partial charge in [-0.05, 0) is 31.1 Å². The van der Waals surface area contributed by atoms with Crippen molar-refractivity contribution >= 4 is 40.0 Å². The van der Waals surface area contributed by atoms with E-state index in [0.717, 1.165) is 32.0 Å². The van der Waals surface area contributed by atoms with E-state index in [2.05, 4.69) is 15.2 Å². The molecule has 0 amide bonds. The van der Waals surface area contributed by atoms with Crippen molar-refractivity contribution in [1.82, 2.24) is 14.5 Å². The number of guanidine groups is 1. The Morgan fingerprint density at radius 2 is 1.96 bits per heavy atom. The molecule has 0 atom stereocenters. The van der Waals surface area contributed by atoms with E-state index in [1.807, 2.05) is 14.0 Å². The van der Waals surface area contributed by atoms with Crippen LogP contribution in [0.1, 0.15) is 45.4 Å². The molecule has 2 aliphatic rings. The Bertz CT molecular complexity index is 518. The molecule has 1 saturated heterocycles. The van der Waals surface area contributed by atoms with Crippen LogP contribution in [0.4, 0.5) is 0 Å². The minimum Gasteiger partial charge on any atom is -0.356 e. The highest BCUT2D eigenvalue weighted by Gasteiger charge is 2.40. The number of nitrogens with one attached hydrogen (secondary N) is 1. The zero-order chi connectivity index (χ0) is 16.9. The van der Waals surface area contributed by atoms with E-state index in [-0.39, 0.29) is 24.0 Å². The van der Waals surface area contributed by atoms with Crippen molar-refractivity contribution in [3.05, 3.63) is 0 Å². The lowest BCUT2D eigenvalue weighted by atomic mass is 9.86. The summed E-state index contributed by atoms with van der Waals surface area (Å²) in [7, 11) is -1.26. The predicted molar refractivity (Wildman–Crippen MR) is 111 cm³/mol. The van der Waals surface area contributed by atoms with Crippen LogP contribution < -0.4 is 5.32 Å². The number of hydrogen-bond acceptors (Lipinski definition) is 3. The van der Waals surface area contributed by atoms with Gasteiger partial charge in [-0.2, -0.15) is 0 Å². The van der Waals surface area contributed by atoms with E-state index in [0.29, 0.717) is 18.5 Å². The number of likely N-dealkylation sites (tertiary alicyclic amines) is 1. The second-order valence-corrected chi connectivity index (χ2v) is 8.94. The molecule has 142 valence electrons. The molecule has 0 aromatic rings. The molecule has 8 heteroatoms. The zero-order valence-corrected chi connectivity index (χ0v) is 18.4.